The average molecular weight is 226 g/mol. The van der Waals surface area contributed by atoms with Gasteiger partial charge in [0.1, 0.15) is 11.9 Å². The molecule has 0 saturated heterocycles. The molecule has 0 fully saturated rings. The van der Waals surface area contributed by atoms with Crippen molar-refractivity contribution < 1.29 is 19.1 Å². The van der Waals surface area contributed by atoms with Gasteiger partial charge in [-0.1, -0.05) is 0 Å². The average Bonchev–Trinajstić information content (AvgIpc) is 2.81. The molecule has 1 unspecified atom stereocenters. The first-order valence-corrected chi connectivity index (χ1v) is 4.86. The molecule has 0 bridgehead atoms. The van der Waals surface area contributed by atoms with E-state index in [1.807, 2.05) is 0 Å². The Balaban J connectivity index is 2.26. The van der Waals surface area contributed by atoms with Gasteiger partial charge in [-0.05, 0) is 18.6 Å². The molecule has 6 nitrogen and oxygen atoms in total. The summed E-state index contributed by atoms with van der Waals surface area (Å²) in [6.45, 7) is 0.202. The first-order chi connectivity index (χ1) is 7.65. The highest BCUT2D eigenvalue weighted by molar-refractivity contribution is 6.34. The smallest absolute Gasteiger partial charge is 0.309 e. The minimum Gasteiger partial charge on any atom is -0.467 e. The van der Waals surface area contributed by atoms with Gasteiger partial charge in [0.05, 0.1) is 6.26 Å². The summed E-state index contributed by atoms with van der Waals surface area (Å²) in [7, 11) is 1.37. The molecule has 0 spiro atoms. The molecule has 0 aliphatic rings. The first kappa shape index (κ1) is 12.3. The standard InChI is InChI=1S/C10H14N2O4/c1-11-9(14)10(15)12-5-4-7(13)8-3-2-6-16-8/h2-3,6-7,13H,4-5H2,1H3,(H,11,14)(H,12,15). The molecule has 88 valence electrons. The Kier molecular flexibility index (Phi) is 4.53. The van der Waals surface area contributed by atoms with Crippen molar-refractivity contribution in [3.8, 4) is 0 Å². The topological polar surface area (TPSA) is 91.6 Å². The zero-order chi connectivity index (χ0) is 12.0. The number of likely N-dealkylation sites (N-methyl/N-ethyl adjacent to an activating group) is 1. The van der Waals surface area contributed by atoms with Crippen molar-refractivity contribution in [2.75, 3.05) is 13.6 Å². The number of aliphatic hydroxyl groups is 1. The molecular formula is C10H14N2O4. The van der Waals surface area contributed by atoms with Crippen LogP contribution >= 0.6 is 0 Å². The van der Waals surface area contributed by atoms with Crippen LogP contribution in [0.15, 0.2) is 22.8 Å². The van der Waals surface area contributed by atoms with E-state index in [0.29, 0.717) is 5.76 Å². The second-order valence-electron chi connectivity index (χ2n) is 3.15. The predicted molar refractivity (Wildman–Crippen MR) is 55.4 cm³/mol. The Morgan fingerprint density at radius 1 is 1.50 bits per heavy atom. The Morgan fingerprint density at radius 3 is 2.81 bits per heavy atom. The maximum Gasteiger partial charge on any atom is 0.309 e. The summed E-state index contributed by atoms with van der Waals surface area (Å²) in [5.74, 6) is -0.976. The zero-order valence-electron chi connectivity index (χ0n) is 8.90. The van der Waals surface area contributed by atoms with Gasteiger partial charge in [0.2, 0.25) is 0 Å². The Hall–Kier alpha value is -1.82. The van der Waals surface area contributed by atoms with Crippen molar-refractivity contribution in [1.82, 2.24) is 10.6 Å². The van der Waals surface area contributed by atoms with Gasteiger partial charge in [-0.25, -0.2) is 0 Å². The van der Waals surface area contributed by atoms with E-state index in [2.05, 4.69) is 10.6 Å². The maximum absolute atomic E-state index is 11.0. The van der Waals surface area contributed by atoms with Crippen LogP contribution in [0.2, 0.25) is 0 Å². The van der Waals surface area contributed by atoms with Crippen LogP contribution in [-0.4, -0.2) is 30.5 Å². The Labute approximate surface area is 92.6 Å². The van der Waals surface area contributed by atoms with Gasteiger partial charge in [-0.3, -0.25) is 9.59 Å². The van der Waals surface area contributed by atoms with Gasteiger partial charge >= 0.3 is 11.8 Å². The van der Waals surface area contributed by atoms with E-state index in [1.165, 1.54) is 13.3 Å². The van der Waals surface area contributed by atoms with Crippen molar-refractivity contribution in [3.05, 3.63) is 24.2 Å². The Morgan fingerprint density at radius 2 is 2.25 bits per heavy atom. The van der Waals surface area contributed by atoms with E-state index in [4.69, 9.17) is 4.42 Å². The highest BCUT2D eigenvalue weighted by Crippen LogP contribution is 2.15. The molecule has 1 aromatic rings. The monoisotopic (exact) mass is 226 g/mol. The molecule has 1 rings (SSSR count). The lowest BCUT2D eigenvalue weighted by atomic mass is 10.2. The second-order valence-corrected chi connectivity index (χ2v) is 3.15. The number of furan rings is 1. The largest absolute Gasteiger partial charge is 0.467 e. The first-order valence-electron chi connectivity index (χ1n) is 4.86. The fourth-order valence-electron chi connectivity index (χ4n) is 1.14. The highest BCUT2D eigenvalue weighted by atomic mass is 16.4. The van der Waals surface area contributed by atoms with E-state index < -0.39 is 17.9 Å². The number of aliphatic hydroxyl groups excluding tert-OH is 1. The van der Waals surface area contributed by atoms with Crippen LogP contribution < -0.4 is 10.6 Å². The number of hydrogen-bond acceptors (Lipinski definition) is 4. The van der Waals surface area contributed by atoms with Gasteiger partial charge in [-0.2, -0.15) is 0 Å². The van der Waals surface area contributed by atoms with Crippen LogP contribution in [0, 0.1) is 0 Å². The number of carbonyl (C=O) groups is 2. The summed E-state index contributed by atoms with van der Waals surface area (Å²) in [6.07, 6.45) is 0.970. The van der Waals surface area contributed by atoms with E-state index in [1.54, 1.807) is 12.1 Å². The third-order valence-electron chi connectivity index (χ3n) is 2.01. The van der Waals surface area contributed by atoms with Crippen LogP contribution in [0.5, 0.6) is 0 Å². The lowest BCUT2D eigenvalue weighted by Crippen LogP contribution is -2.38. The number of nitrogens with one attached hydrogen (secondary N) is 2. The van der Waals surface area contributed by atoms with Crippen molar-refractivity contribution in [2.24, 2.45) is 0 Å². The Bertz CT molecular complexity index is 348. The molecule has 16 heavy (non-hydrogen) atoms. The van der Waals surface area contributed by atoms with Crippen LogP contribution in [0.3, 0.4) is 0 Å². The summed E-state index contributed by atoms with van der Waals surface area (Å²) in [5, 5.41) is 14.1. The fraction of sp³-hybridized carbons (Fsp3) is 0.400. The third kappa shape index (κ3) is 3.39. The van der Waals surface area contributed by atoms with E-state index in [0.717, 1.165) is 0 Å². The molecule has 1 heterocycles. The van der Waals surface area contributed by atoms with Crippen LogP contribution in [0.4, 0.5) is 0 Å². The predicted octanol–water partition coefficient (Wildman–Crippen LogP) is -0.435. The molecule has 3 N–H and O–H groups in total. The van der Waals surface area contributed by atoms with Crippen molar-refractivity contribution in [1.29, 1.82) is 0 Å². The van der Waals surface area contributed by atoms with Crippen molar-refractivity contribution >= 4 is 11.8 Å². The van der Waals surface area contributed by atoms with E-state index in [-0.39, 0.29) is 13.0 Å². The van der Waals surface area contributed by atoms with E-state index in [9.17, 15) is 14.7 Å². The number of rotatable bonds is 4. The summed E-state index contributed by atoms with van der Waals surface area (Å²) >= 11 is 0. The summed E-state index contributed by atoms with van der Waals surface area (Å²) in [6, 6.07) is 3.31. The quantitative estimate of drug-likeness (QED) is 0.607. The molecule has 1 aromatic heterocycles. The maximum atomic E-state index is 11.0. The molecule has 1 atom stereocenters. The lowest BCUT2D eigenvalue weighted by Gasteiger charge is -2.08. The SMILES string of the molecule is CNC(=O)C(=O)NCCC(O)c1ccco1. The van der Waals surface area contributed by atoms with Crippen molar-refractivity contribution in [2.45, 2.75) is 12.5 Å². The van der Waals surface area contributed by atoms with Crippen LogP contribution in [-0.2, 0) is 9.59 Å². The molecule has 0 aliphatic heterocycles. The molecule has 0 aliphatic carbocycles. The zero-order valence-corrected chi connectivity index (χ0v) is 8.90. The van der Waals surface area contributed by atoms with Crippen LogP contribution in [0.1, 0.15) is 18.3 Å². The van der Waals surface area contributed by atoms with Gasteiger partial charge < -0.3 is 20.2 Å². The molecule has 6 heteroatoms. The molecular weight excluding hydrogens is 212 g/mol. The number of amides is 2. The van der Waals surface area contributed by atoms with Gasteiger partial charge in [0.25, 0.3) is 0 Å². The van der Waals surface area contributed by atoms with E-state index >= 15 is 0 Å². The highest BCUT2D eigenvalue weighted by Gasteiger charge is 2.13. The third-order valence-corrected chi connectivity index (χ3v) is 2.01. The second kappa shape index (κ2) is 5.92. The van der Waals surface area contributed by atoms with Crippen LogP contribution in [0.25, 0.3) is 0 Å². The fourth-order valence-corrected chi connectivity index (χ4v) is 1.14. The normalized spacial score (nSPS) is 11.9. The molecule has 0 saturated carbocycles. The van der Waals surface area contributed by atoms with Gasteiger partial charge in [-0.15, -0.1) is 0 Å². The molecule has 0 aromatic carbocycles. The van der Waals surface area contributed by atoms with Gasteiger partial charge in [0, 0.05) is 13.6 Å². The number of carbonyl (C=O) groups excluding carboxylic acids is 2. The molecule has 0 radical (unpaired) electrons. The lowest BCUT2D eigenvalue weighted by molar-refractivity contribution is -0.138. The summed E-state index contributed by atoms with van der Waals surface area (Å²) < 4.78 is 4.98. The summed E-state index contributed by atoms with van der Waals surface area (Å²) in [5.41, 5.74) is 0. The van der Waals surface area contributed by atoms with Gasteiger partial charge in [0.15, 0.2) is 0 Å². The minimum absolute atomic E-state index is 0.202. The minimum atomic E-state index is -0.778. The number of hydrogen-bond donors (Lipinski definition) is 3. The summed E-state index contributed by atoms with van der Waals surface area (Å²) in [4.78, 5) is 21.8. The molecule has 2 amide bonds. The van der Waals surface area contributed by atoms with Crippen molar-refractivity contribution in [3.63, 3.8) is 0 Å².